The monoisotopic (exact) mass is 250 g/mol. The third kappa shape index (κ3) is 5.25. The van der Waals surface area contributed by atoms with Crippen LogP contribution in [0, 0.1) is 10.1 Å². The summed E-state index contributed by atoms with van der Waals surface area (Å²) in [4.78, 5) is 23.2. The van der Waals surface area contributed by atoms with E-state index < -0.39 is 4.92 Å². The van der Waals surface area contributed by atoms with E-state index in [1.165, 1.54) is 30.3 Å². The maximum Gasteiger partial charge on any atom is 0.269 e. The minimum absolute atomic E-state index is 0.0202. The summed E-state index contributed by atoms with van der Waals surface area (Å²) in [6.07, 6.45) is 3.05. The molecular formula is C13H18N2O3. The van der Waals surface area contributed by atoms with Crippen molar-refractivity contribution in [3.05, 3.63) is 52.2 Å². The number of rotatable bonds is 4. The van der Waals surface area contributed by atoms with Gasteiger partial charge in [-0.1, -0.05) is 13.8 Å². The van der Waals surface area contributed by atoms with Crippen LogP contribution in [0.3, 0.4) is 0 Å². The van der Waals surface area contributed by atoms with E-state index in [4.69, 9.17) is 0 Å². The SMILES string of the molecule is CC.CN(C)/C=C/C(=O)c1ccc([N+](=O)[O-])cc1. The van der Waals surface area contributed by atoms with Crippen molar-refractivity contribution in [2.24, 2.45) is 0 Å². The van der Waals surface area contributed by atoms with Crippen molar-refractivity contribution < 1.29 is 9.72 Å². The van der Waals surface area contributed by atoms with E-state index in [2.05, 4.69) is 0 Å². The van der Waals surface area contributed by atoms with E-state index in [0.29, 0.717) is 5.56 Å². The Morgan fingerprint density at radius 1 is 1.22 bits per heavy atom. The number of carbonyl (C=O) groups is 1. The first-order valence-corrected chi connectivity index (χ1v) is 5.64. The van der Waals surface area contributed by atoms with Crippen LogP contribution in [-0.2, 0) is 0 Å². The molecule has 1 aromatic carbocycles. The average molecular weight is 250 g/mol. The molecule has 0 atom stereocenters. The van der Waals surface area contributed by atoms with E-state index in [0.717, 1.165) is 0 Å². The van der Waals surface area contributed by atoms with Gasteiger partial charge in [-0.15, -0.1) is 0 Å². The molecule has 0 aliphatic rings. The number of hydrogen-bond donors (Lipinski definition) is 0. The molecule has 0 bridgehead atoms. The number of hydrogen-bond acceptors (Lipinski definition) is 4. The van der Waals surface area contributed by atoms with Gasteiger partial charge in [-0.05, 0) is 12.1 Å². The van der Waals surface area contributed by atoms with E-state index in [1.54, 1.807) is 25.2 Å². The first-order valence-electron chi connectivity index (χ1n) is 5.64. The van der Waals surface area contributed by atoms with Crippen LogP contribution >= 0.6 is 0 Å². The van der Waals surface area contributed by atoms with E-state index in [9.17, 15) is 14.9 Å². The molecule has 0 aromatic heterocycles. The predicted molar refractivity (Wildman–Crippen MR) is 71.6 cm³/mol. The second-order valence-electron chi connectivity index (χ2n) is 3.45. The summed E-state index contributed by atoms with van der Waals surface area (Å²) in [7, 11) is 3.61. The molecule has 98 valence electrons. The standard InChI is InChI=1S/C11H12N2O3.C2H6/c1-12(2)8-7-11(14)9-3-5-10(6-4-9)13(15)16;1-2/h3-8H,1-2H3;1-2H3/b8-7+;. The molecule has 0 saturated heterocycles. The second-order valence-corrected chi connectivity index (χ2v) is 3.45. The fraction of sp³-hybridized carbons (Fsp3) is 0.308. The quantitative estimate of drug-likeness (QED) is 0.357. The zero-order valence-electron chi connectivity index (χ0n) is 11.1. The van der Waals surface area contributed by atoms with Crippen molar-refractivity contribution >= 4 is 11.5 Å². The number of nitro groups is 1. The van der Waals surface area contributed by atoms with E-state index >= 15 is 0 Å². The number of carbonyl (C=O) groups excluding carboxylic acids is 1. The molecule has 0 amide bonds. The lowest BCUT2D eigenvalue weighted by molar-refractivity contribution is -0.384. The first-order chi connectivity index (χ1) is 8.50. The maximum absolute atomic E-state index is 11.5. The highest BCUT2D eigenvalue weighted by Gasteiger charge is 2.06. The van der Waals surface area contributed by atoms with Gasteiger partial charge < -0.3 is 4.90 Å². The van der Waals surface area contributed by atoms with Crippen LogP contribution < -0.4 is 0 Å². The number of ketones is 1. The summed E-state index contributed by atoms with van der Waals surface area (Å²) < 4.78 is 0. The van der Waals surface area contributed by atoms with Gasteiger partial charge >= 0.3 is 0 Å². The molecule has 1 aromatic rings. The highest BCUT2D eigenvalue weighted by Crippen LogP contribution is 2.12. The van der Waals surface area contributed by atoms with E-state index in [1.807, 2.05) is 13.8 Å². The lowest BCUT2D eigenvalue weighted by Gasteiger charge is -2.02. The molecule has 0 unspecified atom stereocenters. The Kier molecular flexibility index (Phi) is 7.04. The first kappa shape index (κ1) is 15.8. The fourth-order valence-corrected chi connectivity index (χ4v) is 1.06. The van der Waals surface area contributed by atoms with E-state index in [-0.39, 0.29) is 11.5 Å². The van der Waals surface area contributed by atoms with Gasteiger partial charge in [-0.25, -0.2) is 0 Å². The molecule has 5 nitrogen and oxygen atoms in total. The Labute approximate surface area is 107 Å². The van der Waals surface area contributed by atoms with Gasteiger partial charge in [0.1, 0.15) is 0 Å². The summed E-state index contributed by atoms with van der Waals surface area (Å²) in [6, 6.07) is 5.52. The molecule has 0 spiro atoms. The third-order valence-electron chi connectivity index (χ3n) is 1.89. The summed E-state index contributed by atoms with van der Waals surface area (Å²) in [5.74, 6) is -0.177. The Morgan fingerprint density at radius 2 is 1.72 bits per heavy atom. The van der Waals surface area contributed by atoms with Crippen molar-refractivity contribution in [2.75, 3.05) is 14.1 Å². The molecule has 0 N–H and O–H groups in total. The minimum atomic E-state index is -0.496. The number of non-ortho nitro benzene ring substituents is 1. The summed E-state index contributed by atoms with van der Waals surface area (Å²) >= 11 is 0. The molecule has 0 aliphatic heterocycles. The highest BCUT2D eigenvalue weighted by atomic mass is 16.6. The molecule has 0 aliphatic carbocycles. The Morgan fingerprint density at radius 3 is 2.11 bits per heavy atom. The number of nitrogens with zero attached hydrogens (tertiary/aromatic N) is 2. The van der Waals surface area contributed by atoms with Crippen LogP contribution in [0.4, 0.5) is 5.69 Å². The van der Waals surface area contributed by atoms with Gasteiger partial charge in [0, 0.05) is 44.1 Å². The van der Waals surface area contributed by atoms with Crippen LogP contribution in [0.5, 0.6) is 0 Å². The van der Waals surface area contributed by atoms with Crippen molar-refractivity contribution in [2.45, 2.75) is 13.8 Å². The van der Waals surface area contributed by atoms with Gasteiger partial charge in [0.2, 0.25) is 0 Å². The van der Waals surface area contributed by atoms with Crippen LogP contribution in [0.15, 0.2) is 36.5 Å². The fourth-order valence-electron chi connectivity index (χ4n) is 1.06. The van der Waals surface area contributed by atoms with Crippen molar-refractivity contribution in [3.63, 3.8) is 0 Å². The van der Waals surface area contributed by atoms with Gasteiger partial charge in [0.25, 0.3) is 5.69 Å². The van der Waals surface area contributed by atoms with Gasteiger partial charge in [0.15, 0.2) is 5.78 Å². The zero-order chi connectivity index (χ0) is 14.1. The maximum atomic E-state index is 11.5. The smallest absolute Gasteiger partial charge is 0.269 e. The highest BCUT2D eigenvalue weighted by molar-refractivity contribution is 6.04. The second kappa shape index (κ2) is 8.00. The number of nitro benzene ring substituents is 1. The molecule has 5 heteroatoms. The summed E-state index contributed by atoms with van der Waals surface area (Å²) in [5.41, 5.74) is 0.414. The van der Waals surface area contributed by atoms with Crippen molar-refractivity contribution in [3.8, 4) is 0 Å². The third-order valence-corrected chi connectivity index (χ3v) is 1.89. The molecule has 1 rings (SSSR count). The normalized spacial score (nSPS) is 9.56. The predicted octanol–water partition coefficient (Wildman–Crippen LogP) is 2.88. The molecule has 0 radical (unpaired) electrons. The molecular weight excluding hydrogens is 232 g/mol. The largest absolute Gasteiger partial charge is 0.383 e. The van der Waals surface area contributed by atoms with Gasteiger partial charge in [0.05, 0.1) is 4.92 Å². The van der Waals surface area contributed by atoms with Crippen LogP contribution in [0.25, 0.3) is 0 Å². The van der Waals surface area contributed by atoms with Crippen molar-refractivity contribution in [1.82, 2.24) is 4.90 Å². The molecule has 0 fully saturated rings. The Hall–Kier alpha value is -2.17. The molecule has 0 heterocycles. The Bertz CT molecular complexity index is 422. The zero-order valence-corrected chi connectivity index (χ0v) is 11.1. The average Bonchev–Trinajstić information content (AvgIpc) is 2.38. The summed E-state index contributed by atoms with van der Waals surface area (Å²) in [5, 5.41) is 10.4. The van der Waals surface area contributed by atoms with Crippen LogP contribution in [0.2, 0.25) is 0 Å². The lowest BCUT2D eigenvalue weighted by atomic mass is 10.1. The summed E-state index contributed by atoms with van der Waals surface area (Å²) in [6.45, 7) is 4.00. The molecule has 18 heavy (non-hydrogen) atoms. The van der Waals surface area contributed by atoms with Crippen LogP contribution in [-0.4, -0.2) is 29.7 Å². The Balaban J connectivity index is 0.00000137. The number of allylic oxidation sites excluding steroid dienone is 1. The number of benzene rings is 1. The van der Waals surface area contributed by atoms with Crippen molar-refractivity contribution in [1.29, 1.82) is 0 Å². The molecule has 0 saturated carbocycles. The van der Waals surface area contributed by atoms with Gasteiger partial charge in [-0.3, -0.25) is 14.9 Å². The topological polar surface area (TPSA) is 63.5 Å². The van der Waals surface area contributed by atoms with Gasteiger partial charge in [-0.2, -0.15) is 0 Å². The van der Waals surface area contributed by atoms with Crippen LogP contribution in [0.1, 0.15) is 24.2 Å². The minimum Gasteiger partial charge on any atom is -0.383 e. The lowest BCUT2D eigenvalue weighted by Crippen LogP contribution is -2.03.